The zero-order chi connectivity index (χ0) is 22.9. The molecule has 0 bridgehead atoms. The largest absolute Gasteiger partial charge is 0.348 e. The van der Waals surface area contributed by atoms with Gasteiger partial charge in [0, 0.05) is 56.3 Å². The summed E-state index contributed by atoms with van der Waals surface area (Å²) in [5.41, 5.74) is 4.88. The van der Waals surface area contributed by atoms with Gasteiger partial charge in [0.2, 0.25) is 5.95 Å². The Bertz CT molecular complexity index is 1130. The maximum Gasteiger partial charge on any atom is 0.269 e. The number of hydrogen-bond donors (Lipinski definition) is 1. The van der Waals surface area contributed by atoms with Crippen LogP contribution in [0.15, 0.2) is 36.8 Å². The Balaban J connectivity index is 1.23. The molecule has 1 saturated carbocycles. The summed E-state index contributed by atoms with van der Waals surface area (Å²) in [7, 11) is 1.85. The Hall–Kier alpha value is -3.29. The SMILES string of the molecule is CC(C)c1nc(N2CCC(NC(=O)c3cc(C4CC4)nn3C)CC2)ncc1-c1ccncc1. The highest BCUT2D eigenvalue weighted by molar-refractivity contribution is 5.93. The van der Waals surface area contributed by atoms with Crippen molar-refractivity contribution in [2.24, 2.45) is 7.05 Å². The zero-order valence-corrected chi connectivity index (χ0v) is 19.5. The zero-order valence-electron chi connectivity index (χ0n) is 19.5. The van der Waals surface area contributed by atoms with E-state index in [1.165, 1.54) is 12.8 Å². The number of nitrogens with zero attached hydrogens (tertiary/aromatic N) is 6. The van der Waals surface area contributed by atoms with Gasteiger partial charge in [-0.3, -0.25) is 14.5 Å². The number of amides is 1. The van der Waals surface area contributed by atoms with E-state index in [4.69, 9.17) is 4.98 Å². The summed E-state index contributed by atoms with van der Waals surface area (Å²) in [4.78, 5) is 28.8. The lowest BCUT2D eigenvalue weighted by Crippen LogP contribution is -2.45. The van der Waals surface area contributed by atoms with Gasteiger partial charge in [0.05, 0.1) is 11.4 Å². The molecule has 2 aliphatic rings. The van der Waals surface area contributed by atoms with Crippen molar-refractivity contribution in [2.45, 2.75) is 57.4 Å². The van der Waals surface area contributed by atoms with Gasteiger partial charge in [-0.25, -0.2) is 9.97 Å². The molecule has 0 radical (unpaired) electrons. The topological polar surface area (TPSA) is 88.8 Å². The van der Waals surface area contributed by atoms with Crippen molar-refractivity contribution in [3.05, 3.63) is 53.9 Å². The average Bonchev–Trinajstić information content (AvgIpc) is 3.61. The fourth-order valence-corrected chi connectivity index (χ4v) is 4.50. The van der Waals surface area contributed by atoms with Gasteiger partial charge < -0.3 is 10.2 Å². The van der Waals surface area contributed by atoms with Crippen molar-refractivity contribution in [1.29, 1.82) is 0 Å². The molecule has 1 N–H and O–H groups in total. The third-order valence-corrected chi connectivity index (χ3v) is 6.58. The Labute approximate surface area is 194 Å². The molecule has 0 spiro atoms. The number of nitrogens with one attached hydrogen (secondary N) is 1. The van der Waals surface area contributed by atoms with Crippen LogP contribution in [0, 0.1) is 0 Å². The molecule has 4 heterocycles. The first-order valence-corrected chi connectivity index (χ1v) is 11.9. The fourth-order valence-electron chi connectivity index (χ4n) is 4.50. The molecule has 3 aromatic rings. The van der Waals surface area contributed by atoms with E-state index >= 15 is 0 Å². The quantitative estimate of drug-likeness (QED) is 0.623. The van der Waals surface area contributed by atoms with E-state index in [1.807, 2.05) is 31.4 Å². The monoisotopic (exact) mass is 445 g/mol. The molecule has 1 aliphatic carbocycles. The van der Waals surface area contributed by atoms with Gasteiger partial charge in [-0.05, 0) is 55.4 Å². The van der Waals surface area contributed by atoms with Crippen LogP contribution < -0.4 is 10.2 Å². The maximum atomic E-state index is 12.8. The van der Waals surface area contributed by atoms with E-state index in [-0.39, 0.29) is 17.9 Å². The van der Waals surface area contributed by atoms with Crippen LogP contribution in [0.2, 0.25) is 0 Å². The molecule has 0 aromatic carbocycles. The van der Waals surface area contributed by atoms with Gasteiger partial charge in [0.1, 0.15) is 5.69 Å². The highest BCUT2D eigenvalue weighted by Gasteiger charge is 2.29. The van der Waals surface area contributed by atoms with E-state index in [0.29, 0.717) is 11.6 Å². The summed E-state index contributed by atoms with van der Waals surface area (Å²) in [5, 5.41) is 7.73. The average molecular weight is 446 g/mol. The van der Waals surface area contributed by atoms with E-state index in [1.54, 1.807) is 17.1 Å². The second kappa shape index (κ2) is 8.92. The first kappa shape index (κ1) is 21.6. The molecule has 33 heavy (non-hydrogen) atoms. The van der Waals surface area contributed by atoms with Gasteiger partial charge in [-0.2, -0.15) is 5.10 Å². The summed E-state index contributed by atoms with van der Waals surface area (Å²) in [6.07, 6.45) is 9.62. The minimum Gasteiger partial charge on any atom is -0.348 e. The fraction of sp³-hybridized carbons (Fsp3) is 0.480. The van der Waals surface area contributed by atoms with Gasteiger partial charge in [-0.15, -0.1) is 0 Å². The molecule has 8 heteroatoms. The molecule has 172 valence electrons. The lowest BCUT2D eigenvalue weighted by atomic mass is 10.00. The summed E-state index contributed by atoms with van der Waals surface area (Å²) in [5.74, 6) is 1.56. The third-order valence-electron chi connectivity index (χ3n) is 6.58. The highest BCUT2D eigenvalue weighted by Crippen LogP contribution is 2.39. The Morgan fingerprint density at radius 2 is 1.85 bits per heavy atom. The highest BCUT2D eigenvalue weighted by atomic mass is 16.2. The van der Waals surface area contributed by atoms with Gasteiger partial charge in [-0.1, -0.05) is 13.8 Å². The molecule has 1 amide bonds. The molecule has 0 atom stereocenters. The molecular weight excluding hydrogens is 414 g/mol. The number of aryl methyl sites for hydroxylation is 1. The van der Waals surface area contributed by atoms with E-state index < -0.39 is 0 Å². The second-order valence-electron chi connectivity index (χ2n) is 9.45. The number of rotatable bonds is 6. The third kappa shape index (κ3) is 4.60. The van der Waals surface area contributed by atoms with Crippen LogP contribution >= 0.6 is 0 Å². The smallest absolute Gasteiger partial charge is 0.269 e. The first-order valence-electron chi connectivity index (χ1n) is 11.9. The minimum absolute atomic E-state index is 0.0320. The number of piperidine rings is 1. The minimum atomic E-state index is -0.0320. The van der Waals surface area contributed by atoms with Crippen LogP contribution in [0.25, 0.3) is 11.1 Å². The van der Waals surface area contributed by atoms with Crippen LogP contribution in [-0.2, 0) is 7.05 Å². The molecule has 1 aliphatic heterocycles. The van der Waals surface area contributed by atoms with Gasteiger partial charge >= 0.3 is 0 Å². The first-order chi connectivity index (χ1) is 16.0. The summed E-state index contributed by atoms with van der Waals surface area (Å²) in [6.45, 7) is 5.95. The van der Waals surface area contributed by atoms with Crippen molar-refractivity contribution in [3.8, 4) is 11.1 Å². The molecule has 1 saturated heterocycles. The van der Waals surface area contributed by atoms with Crippen LogP contribution in [0.5, 0.6) is 0 Å². The Kier molecular flexibility index (Phi) is 5.83. The summed E-state index contributed by atoms with van der Waals surface area (Å²) >= 11 is 0. The van der Waals surface area contributed by atoms with Crippen LogP contribution in [-0.4, -0.2) is 49.8 Å². The molecule has 2 fully saturated rings. The normalized spacial score (nSPS) is 16.9. The molecule has 5 rings (SSSR count). The molecular formula is C25H31N7O. The van der Waals surface area contributed by atoms with Crippen molar-refractivity contribution >= 4 is 11.9 Å². The standard InChI is InChI=1S/C25H31N7O/c1-16(2)23-20(17-6-10-26-11-7-17)15-27-25(29-23)32-12-8-19(9-13-32)28-24(33)22-14-21(18-4-5-18)30-31(22)3/h6-7,10-11,14-16,18-19H,4-5,8-9,12-13H2,1-3H3,(H,28,33). The lowest BCUT2D eigenvalue weighted by Gasteiger charge is -2.32. The number of pyridine rings is 1. The maximum absolute atomic E-state index is 12.8. The Morgan fingerprint density at radius 3 is 2.52 bits per heavy atom. The van der Waals surface area contributed by atoms with Crippen molar-refractivity contribution < 1.29 is 4.79 Å². The van der Waals surface area contributed by atoms with Crippen LogP contribution in [0.3, 0.4) is 0 Å². The van der Waals surface area contributed by atoms with E-state index in [0.717, 1.165) is 54.4 Å². The van der Waals surface area contributed by atoms with Crippen molar-refractivity contribution in [1.82, 2.24) is 30.0 Å². The number of aromatic nitrogens is 5. The predicted octanol–water partition coefficient (Wildman–Crippen LogP) is 3.67. The van der Waals surface area contributed by atoms with Crippen molar-refractivity contribution in [2.75, 3.05) is 18.0 Å². The number of carbonyl (C=O) groups is 1. The van der Waals surface area contributed by atoms with E-state index in [9.17, 15) is 4.79 Å². The number of hydrogen-bond acceptors (Lipinski definition) is 6. The van der Waals surface area contributed by atoms with Crippen LogP contribution in [0.4, 0.5) is 5.95 Å². The second-order valence-corrected chi connectivity index (χ2v) is 9.45. The van der Waals surface area contributed by atoms with Gasteiger partial charge in [0.15, 0.2) is 0 Å². The van der Waals surface area contributed by atoms with Gasteiger partial charge in [0.25, 0.3) is 5.91 Å². The lowest BCUT2D eigenvalue weighted by molar-refractivity contribution is 0.0921. The molecule has 3 aromatic heterocycles. The summed E-state index contributed by atoms with van der Waals surface area (Å²) in [6, 6.07) is 6.09. The summed E-state index contributed by atoms with van der Waals surface area (Å²) < 4.78 is 1.71. The van der Waals surface area contributed by atoms with Crippen molar-refractivity contribution in [3.63, 3.8) is 0 Å². The number of carbonyl (C=O) groups excluding carboxylic acids is 1. The molecule has 0 unspecified atom stereocenters. The van der Waals surface area contributed by atoms with Crippen LogP contribution in [0.1, 0.15) is 73.2 Å². The van der Waals surface area contributed by atoms with E-state index in [2.05, 4.69) is 39.1 Å². The predicted molar refractivity (Wildman–Crippen MR) is 127 cm³/mol. The Morgan fingerprint density at radius 1 is 1.12 bits per heavy atom. The molecule has 8 nitrogen and oxygen atoms in total. The number of anilines is 1.